The summed E-state index contributed by atoms with van der Waals surface area (Å²) in [7, 11) is 0. The zero-order chi connectivity index (χ0) is 14.4. The van der Waals surface area contributed by atoms with Gasteiger partial charge in [-0.3, -0.25) is 4.79 Å². The van der Waals surface area contributed by atoms with Gasteiger partial charge in [-0.05, 0) is 30.0 Å². The lowest BCUT2D eigenvalue weighted by atomic mass is 10.0. The maximum absolute atomic E-state index is 10.7. The first kappa shape index (κ1) is 14.9. The second-order valence-corrected chi connectivity index (χ2v) is 5.57. The first-order valence-corrected chi connectivity index (χ1v) is 7.25. The average molecular weight is 278 g/mol. The molecule has 110 valence electrons. The number of ether oxygens (including phenoxy) is 1. The zero-order valence-corrected chi connectivity index (χ0v) is 11.6. The van der Waals surface area contributed by atoms with E-state index >= 15 is 0 Å². The fourth-order valence-corrected chi connectivity index (χ4v) is 2.81. The third kappa shape index (κ3) is 4.85. The highest BCUT2D eigenvalue weighted by molar-refractivity contribution is 5.70. The largest absolute Gasteiger partial charge is 0.491 e. The van der Waals surface area contributed by atoms with Crippen molar-refractivity contribution in [2.45, 2.75) is 44.6 Å². The fraction of sp³-hybridized carbons (Fsp3) is 0.562. The standard InChI is InChI=1S/C16H22O4/c17-14(8-12-4-1-2-5-12)11-20-15-7-3-6-13(9-15)10-16(18)19/h3,6-7,9,12,14,17H,1-2,4-5,8,10-11H2,(H,18,19). The van der Waals surface area contributed by atoms with E-state index in [0.717, 1.165) is 6.42 Å². The van der Waals surface area contributed by atoms with E-state index in [1.165, 1.54) is 25.7 Å². The number of benzene rings is 1. The van der Waals surface area contributed by atoms with Gasteiger partial charge in [0.25, 0.3) is 0 Å². The van der Waals surface area contributed by atoms with Crippen LogP contribution in [-0.2, 0) is 11.2 Å². The number of hydrogen-bond acceptors (Lipinski definition) is 3. The molecule has 0 aliphatic heterocycles. The summed E-state index contributed by atoms with van der Waals surface area (Å²) in [4.78, 5) is 10.7. The number of aliphatic hydroxyl groups excluding tert-OH is 1. The molecule has 1 aromatic rings. The average Bonchev–Trinajstić information content (AvgIpc) is 2.89. The lowest BCUT2D eigenvalue weighted by Crippen LogP contribution is -2.20. The summed E-state index contributed by atoms with van der Waals surface area (Å²) in [5.74, 6) is 0.393. The molecule has 0 heterocycles. The Bertz CT molecular complexity index is 438. The van der Waals surface area contributed by atoms with Crippen molar-refractivity contribution in [1.29, 1.82) is 0 Å². The van der Waals surface area contributed by atoms with E-state index in [-0.39, 0.29) is 13.0 Å². The van der Waals surface area contributed by atoms with E-state index in [2.05, 4.69) is 0 Å². The van der Waals surface area contributed by atoms with Crippen LogP contribution in [0.15, 0.2) is 24.3 Å². The minimum absolute atomic E-state index is 0.0121. The third-order valence-corrected chi connectivity index (χ3v) is 3.78. The minimum atomic E-state index is -0.858. The smallest absolute Gasteiger partial charge is 0.307 e. The van der Waals surface area contributed by atoms with Gasteiger partial charge in [0.15, 0.2) is 0 Å². The SMILES string of the molecule is O=C(O)Cc1cccc(OCC(O)CC2CCCC2)c1. The molecule has 1 unspecified atom stereocenters. The molecule has 1 saturated carbocycles. The van der Waals surface area contributed by atoms with E-state index in [0.29, 0.717) is 17.2 Å². The number of aliphatic carboxylic acids is 1. The number of aliphatic hydroxyl groups is 1. The Labute approximate surface area is 119 Å². The maximum Gasteiger partial charge on any atom is 0.307 e. The van der Waals surface area contributed by atoms with Crippen molar-refractivity contribution >= 4 is 5.97 Å². The Kier molecular flexibility index (Phi) is 5.41. The lowest BCUT2D eigenvalue weighted by Gasteiger charge is -2.16. The lowest BCUT2D eigenvalue weighted by molar-refractivity contribution is -0.136. The summed E-state index contributed by atoms with van der Waals surface area (Å²) in [5, 5.41) is 18.7. The van der Waals surface area contributed by atoms with Crippen molar-refractivity contribution in [2.75, 3.05) is 6.61 Å². The molecule has 0 bridgehead atoms. The summed E-state index contributed by atoms with van der Waals surface area (Å²) in [5.41, 5.74) is 0.709. The van der Waals surface area contributed by atoms with E-state index in [4.69, 9.17) is 9.84 Å². The molecule has 2 rings (SSSR count). The predicted molar refractivity (Wildman–Crippen MR) is 75.9 cm³/mol. The first-order chi connectivity index (χ1) is 9.63. The van der Waals surface area contributed by atoms with Crippen LogP contribution in [0, 0.1) is 5.92 Å². The molecule has 1 atom stereocenters. The van der Waals surface area contributed by atoms with Crippen LogP contribution in [-0.4, -0.2) is 28.9 Å². The first-order valence-electron chi connectivity index (χ1n) is 7.25. The Morgan fingerprint density at radius 2 is 2.10 bits per heavy atom. The summed E-state index contributed by atoms with van der Waals surface area (Å²) in [6.07, 6.45) is 5.32. The number of hydrogen-bond donors (Lipinski definition) is 2. The Balaban J connectivity index is 1.79. The van der Waals surface area contributed by atoms with Crippen LogP contribution in [0.2, 0.25) is 0 Å². The molecular weight excluding hydrogens is 256 g/mol. The number of carbonyl (C=O) groups is 1. The number of carboxylic acids is 1. The van der Waals surface area contributed by atoms with Crippen LogP contribution in [0.1, 0.15) is 37.7 Å². The Morgan fingerprint density at radius 3 is 2.80 bits per heavy atom. The van der Waals surface area contributed by atoms with Crippen molar-refractivity contribution in [3.05, 3.63) is 29.8 Å². The van der Waals surface area contributed by atoms with Crippen LogP contribution in [0.25, 0.3) is 0 Å². The van der Waals surface area contributed by atoms with Gasteiger partial charge in [0, 0.05) is 0 Å². The molecule has 4 nitrogen and oxygen atoms in total. The molecule has 4 heteroatoms. The van der Waals surface area contributed by atoms with Crippen LogP contribution >= 0.6 is 0 Å². The summed E-state index contributed by atoms with van der Waals surface area (Å²) < 4.78 is 5.56. The maximum atomic E-state index is 10.7. The highest BCUT2D eigenvalue weighted by Gasteiger charge is 2.19. The summed E-state index contributed by atoms with van der Waals surface area (Å²) >= 11 is 0. The molecule has 1 aliphatic rings. The molecule has 2 N–H and O–H groups in total. The second-order valence-electron chi connectivity index (χ2n) is 5.57. The van der Waals surface area contributed by atoms with Crippen molar-refractivity contribution < 1.29 is 19.7 Å². The highest BCUT2D eigenvalue weighted by atomic mass is 16.5. The predicted octanol–water partition coefficient (Wildman–Crippen LogP) is 2.63. The highest BCUT2D eigenvalue weighted by Crippen LogP contribution is 2.28. The molecule has 0 spiro atoms. The molecule has 1 fully saturated rings. The molecule has 1 aliphatic carbocycles. The van der Waals surface area contributed by atoms with Gasteiger partial charge in [0.2, 0.25) is 0 Å². The quantitative estimate of drug-likeness (QED) is 0.804. The molecule has 0 aromatic heterocycles. The van der Waals surface area contributed by atoms with Gasteiger partial charge in [-0.1, -0.05) is 37.8 Å². The van der Waals surface area contributed by atoms with E-state index in [1.807, 2.05) is 0 Å². The molecule has 0 saturated heterocycles. The van der Waals surface area contributed by atoms with Crippen LogP contribution in [0.5, 0.6) is 5.75 Å². The van der Waals surface area contributed by atoms with Gasteiger partial charge in [0.1, 0.15) is 12.4 Å². The van der Waals surface area contributed by atoms with E-state index in [9.17, 15) is 9.90 Å². The molecular formula is C16H22O4. The van der Waals surface area contributed by atoms with Gasteiger partial charge < -0.3 is 14.9 Å². The monoisotopic (exact) mass is 278 g/mol. The van der Waals surface area contributed by atoms with Gasteiger partial charge in [-0.25, -0.2) is 0 Å². The van der Waals surface area contributed by atoms with Crippen molar-refractivity contribution in [3.63, 3.8) is 0 Å². The summed E-state index contributed by atoms with van der Waals surface area (Å²) in [6.45, 7) is 0.271. The van der Waals surface area contributed by atoms with Crippen LogP contribution < -0.4 is 4.74 Å². The Hall–Kier alpha value is -1.55. The van der Waals surface area contributed by atoms with Gasteiger partial charge in [-0.2, -0.15) is 0 Å². The van der Waals surface area contributed by atoms with Gasteiger partial charge in [-0.15, -0.1) is 0 Å². The molecule has 20 heavy (non-hydrogen) atoms. The minimum Gasteiger partial charge on any atom is -0.491 e. The van der Waals surface area contributed by atoms with Crippen molar-refractivity contribution in [1.82, 2.24) is 0 Å². The van der Waals surface area contributed by atoms with E-state index in [1.54, 1.807) is 24.3 Å². The third-order valence-electron chi connectivity index (χ3n) is 3.78. The number of rotatable bonds is 7. The van der Waals surface area contributed by atoms with E-state index < -0.39 is 12.1 Å². The second kappa shape index (κ2) is 7.29. The zero-order valence-electron chi connectivity index (χ0n) is 11.6. The van der Waals surface area contributed by atoms with Crippen molar-refractivity contribution in [2.24, 2.45) is 5.92 Å². The molecule has 0 amide bonds. The fourth-order valence-electron chi connectivity index (χ4n) is 2.81. The van der Waals surface area contributed by atoms with Crippen molar-refractivity contribution in [3.8, 4) is 5.75 Å². The normalized spacial score (nSPS) is 17.1. The van der Waals surface area contributed by atoms with Gasteiger partial charge in [0.05, 0.1) is 12.5 Å². The number of carboxylic acid groups (broad SMARTS) is 1. The molecule has 0 radical (unpaired) electrons. The Morgan fingerprint density at radius 1 is 1.35 bits per heavy atom. The van der Waals surface area contributed by atoms with Crippen LogP contribution in [0.3, 0.4) is 0 Å². The molecule has 1 aromatic carbocycles. The van der Waals surface area contributed by atoms with Crippen LogP contribution in [0.4, 0.5) is 0 Å². The van der Waals surface area contributed by atoms with Gasteiger partial charge >= 0.3 is 5.97 Å². The summed E-state index contributed by atoms with van der Waals surface area (Å²) in [6, 6.07) is 7.04. The topological polar surface area (TPSA) is 66.8 Å².